The van der Waals surface area contributed by atoms with E-state index >= 15 is 0 Å². The van der Waals surface area contributed by atoms with Crippen LogP contribution in [0.25, 0.3) is 0 Å². The fraction of sp³-hybridized carbons (Fsp3) is 0.889. The fourth-order valence-electron chi connectivity index (χ4n) is 1.62. The highest BCUT2D eigenvalue weighted by atomic mass is 19.3. The first-order valence-electron chi connectivity index (χ1n) is 4.99. The van der Waals surface area contributed by atoms with Gasteiger partial charge in [-0.3, -0.25) is 4.99 Å². The summed E-state index contributed by atoms with van der Waals surface area (Å²) < 4.78 is 24.9. The van der Waals surface area contributed by atoms with Crippen molar-refractivity contribution in [3.8, 4) is 0 Å². The summed E-state index contributed by atoms with van der Waals surface area (Å²) in [7, 11) is 0. The van der Waals surface area contributed by atoms with Crippen LogP contribution >= 0.6 is 0 Å². The van der Waals surface area contributed by atoms with Gasteiger partial charge in [0.2, 0.25) is 5.92 Å². The van der Waals surface area contributed by atoms with Gasteiger partial charge in [-0.25, -0.2) is 8.78 Å². The largest absolute Gasteiger partial charge is 0.370 e. The number of nitrogens with one attached hydrogen (secondary N) is 1. The van der Waals surface area contributed by atoms with Crippen LogP contribution < -0.4 is 11.1 Å². The second-order valence-electron chi connectivity index (χ2n) is 4.27. The second kappa shape index (κ2) is 3.37. The molecule has 0 saturated heterocycles. The minimum absolute atomic E-state index is 0.0181. The molecule has 2 aliphatic rings. The van der Waals surface area contributed by atoms with E-state index in [2.05, 4.69) is 10.3 Å². The normalized spacial score (nSPS) is 27.1. The molecular formula is C9H15F2N3. The van der Waals surface area contributed by atoms with Gasteiger partial charge >= 0.3 is 0 Å². The number of halogens is 2. The number of nitrogens with two attached hydrogens (primary N) is 1. The smallest absolute Gasteiger partial charge is 0.248 e. The van der Waals surface area contributed by atoms with Crippen LogP contribution in [-0.2, 0) is 0 Å². The van der Waals surface area contributed by atoms with Crippen LogP contribution in [-0.4, -0.2) is 24.5 Å². The van der Waals surface area contributed by atoms with E-state index in [1.807, 2.05) is 0 Å². The summed E-state index contributed by atoms with van der Waals surface area (Å²) in [5, 5.41) is 3.02. The summed E-state index contributed by atoms with van der Waals surface area (Å²) in [6.07, 6.45) is 2.20. The van der Waals surface area contributed by atoms with Crippen LogP contribution in [0.1, 0.15) is 25.7 Å². The maximum atomic E-state index is 12.4. The van der Waals surface area contributed by atoms with Gasteiger partial charge in [0.1, 0.15) is 0 Å². The first-order chi connectivity index (χ1) is 6.55. The van der Waals surface area contributed by atoms with Crippen molar-refractivity contribution in [1.82, 2.24) is 5.32 Å². The van der Waals surface area contributed by atoms with Crippen LogP contribution in [0, 0.1) is 5.92 Å². The average molecular weight is 203 g/mol. The van der Waals surface area contributed by atoms with Crippen LogP contribution in [0.15, 0.2) is 4.99 Å². The number of nitrogens with zero attached hydrogens (tertiary/aromatic N) is 1. The van der Waals surface area contributed by atoms with Gasteiger partial charge in [0.15, 0.2) is 5.96 Å². The number of hydrogen-bond acceptors (Lipinski definition) is 1. The van der Waals surface area contributed by atoms with Crippen molar-refractivity contribution in [1.29, 1.82) is 0 Å². The molecule has 0 radical (unpaired) electrons. The lowest BCUT2D eigenvalue weighted by Gasteiger charge is -2.33. The Hall–Kier alpha value is -0.870. The Labute approximate surface area is 81.8 Å². The van der Waals surface area contributed by atoms with E-state index in [4.69, 9.17) is 5.73 Å². The maximum Gasteiger partial charge on any atom is 0.248 e. The lowest BCUT2D eigenvalue weighted by Crippen LogP contribution is -2.39. The molecule has 0 aromatic rings. The number of alkyl halides is 2. The molecule has 0 atom stereocenters. The highest BCUT2D eigenvalue weighted by Crippen LogP contribution is 2.42. The second-order valence-corrected chi connectivity index (χ2v) is 4.27. The van der Waals surface area contributed by atoms with Gasteiger partial charge in [0.05, 0.1) is 0 Å². The Morgan fingerprint density at radius 2 is 2.07 bits per heavy atom. The Morgan fingerprint density at radius 1 is 1.43 bits per heavy atom. The van der Waals surface area contributed by atoms with Crippen molar-refractivity contribution in [3.63, 3.8) is 0 Å². The zero-order valence-electron chi connectivity index (χ0n) is 7.97. The molecule has 0 heterocycles. The molecule has 2 saturated carbocycles. The quantitative estimate of drug-likeness (QED) is 0.533. The minimum Gasteiger partial charge on any atom is -0.370 e. The summed E-state index contributed by atoms with van der Waals surface area (Å²) >= 11 is 0. The SMILES string of the molecule is NC(=NCC1CC(F)(F)C1)NC1CC1. The van der Waals surface area contributed by atoms with Crippen molar-refractivity contribution >= 4 is 5.96 Å². The molecular weight excluding hydrogens is 188 g/mol. The molecule has 0 aromatic heterocycles. The van der Waals surface area contributed by atoms with Gasteiger partial charge in [0, 0.05) is 25.4 Å². The van der Waals surface area contributed by atoms with E-state index in [1.54, 1.807) is 0 Å². The molecule has 14 heavy (non-hydrogen) atoms. The first kappa shape index (κ1) is 9.68. The van der Waals surface area contributed by atoms with E-state index < -0.39 is 5.92 Å². The summed E-state index contributed by atoms with van der Waals surface area (Å²) in [4.78, 5) is 4.04. The van der Waals surface area contributed by atoms with Gasteiger partial charge in [-0.05, 0) is 18.8 Å². The number of guanidine groups is 1. The number of aliphatic imine (C=N–C) groups is 1. The molecule has 0 amide bonds. The summed E-state index contributed by atoms with van der Waals surface area (Å²) in [6.45, 7) is 0.432. The van der Waals surface area contributed by atoms with E-state index in [0.29, 0.717) is 18.5 Å². The molecule has 3 N–H and O–H groups in total. The molecule has 80 valence electrons. The first-order valence-corrected chi connectivity index (χ1v) is 4.99. The third-order valence-corrected chi connectivity index (χ3v) is 2.62. The standard InChI is InChI=1S/C9H15F2N3/c10-9(11)3-6(4-9)5-13-8(12)14-7-1-2-7/h6-7H,1-5H2,(H3,12,13,14). The summed E-state index contributed by atoms with van der Waals surface area (Å²) in [6, 6.07) is 0.474. The molecule has 0 aliphatic heterocycles. The van der Waals surface area contributed by atoms with Crippen molar-refractivity contribution in [3.05, 3.63) is 0 Å². The van der Waals surface area contributed by atoms with Crippen molar-refractivity contribution in [2.45, 2.75) is 37.6 Å². The van der Waals surface area contributed by atoms with Gasteiger partial charge in [-0.2, -0.15) is 0 Å². The topological polar surface area (TPSA) is 50.4 Å². The summed E-state index contributed by atoms with van der Waals surface area (Å²) in [5.74, 6) is -2.02. The molecule has 2 rings (SSSR count). The van der Waals surface area contributed by atoms with Crippen molar-refractivity contribution < 1.29 is 8.78 Å². The average Bonchev–Trinajstić information content (AvgIpc) is 2.80. The predicted octanol–water partition coefficient (Wildman–Crippen LogP) is 1.10. The van der Waals surface area contributed by atoms with Gasteiger partial charge < -0.3 is 11.1 Å². The third kappa shape index (κ3) is 2.56. The van der Waals surface area contributed by atoms with E-state index in [-0.39, 0.29) is 18.8 Å². The Balaban J connectivity index is 1.66. The molecule has 0 unspecified atom stereocenters. The van der Waals surface area contributed by atoms with E-state index in [9.17, 15) is 8.78 Å². The molecule has 0 bridgehead atoms. The minimum atomic E-state index is -2.45. The zero-order valence-corrected chi connectivity index (χ0v) is 7.97. The molecule has 3 nitrogen and oxygen atoms in total. The molecule has 0 aromatic carbocycles. The van der Waals surface area contributed by atoms with Crippen molar-refractivity contribution in [2.24, 2.45) is 16.6 Å². The van der Waals surface area contributed by atoms with Gasteiger partial charge in [-0.15, -0.1) is 0 Å². The monoisotopic (exact) mass is 203 g/mol. The Kier molecular flexibility index (Phi) is 2.33. The van der Waals surface area contributed by atoms with Crippen molar-refractivity contribution in [2.75, 3.05) is 6.54 Å². The lowest BCUT2D eigenvalue weighted by molar-refractivity contribution is -0.107. The highest BCUT2D eigenvalue weighted by Gasteiger charge is 2.44. The Morgan fingerprint density at radius 3 is 2.57 bits per heavy atom. The van der Waals surface area contributed by atoms with Crippen LogP contribution in [0.4, 0.5) is 8.78 Å². The predicted molar refractivity (Wildman–Crippen MR) is 50.3 cm³/mol. The Bertz CT molecular complexity index is 240. The summed E-state index contributed by atoms with van der Waals surface area (Å²) in [5.41, 5.74) is 5.56. The van der Waals surface area contributed by atoms with E-state index in [0.717, 1.165) is 12.8 Å². The maximum absolute atomic E-state index is 12.4. The van der Waals surface area contributed by atoms with Gasteiger partial charge in [-0.1, -0.05) is 0 Å². The highest BCUT2D eigenvalue weighted by molar-refractivity contribution is 5.78. The fourth-order valence-corrected chi connectivity index (χ4v) is 1.62. The number of rotatable bonds is 3. The zero-order chi connectivity index (χ0) is 10.2. The lowest BCUT2D eigenvalue weighted by atomic mass is 9.81. The van der Waals surface area contributed by atoms with Crippen LogP contribution in [0.2, 0.25) is 0 Å². The molecule has 2 aliphatic carbocycles. The third-order valence-electron chi connectivity index (χ3n) is 2.62. The molecule has 0 spiro atoms. The van der Waals surface area contributed by atoms with Gasteiger partial charge in [0.25, 0.3) is 0 Å². The molecule has 2 fully saturated rings. The molecule has 5 heteroatoms. The van der Waals surface area contributed by atoms with Crippen LogP contribution in [0.5, 0.6) is 0 Å². The van der Waals surface area contributed by atoms with Crippen LogP contribution in [0.3, 0.4) is 0 Å². The number of hydrogen-bond donors (Lipinski definition) is 2. The van der Waals surface area contributed by atoms with E-state index in [1.165, 1.54) is 0 Å².